The van der Waals surface area contributed by atoms with Gasteiger partial charge < -0.3 is 15.6 Å². The summed E-state index contributed by atoms with van der Waals surface area (Å²) in [5, 5.41) is 4.27. The van der Waals surface area contributed by atoms with Crippen molar-refractivity contribution in [3.63, 3.8) is 0 Å². The fourth-order valence-corrected chi connectivity index (χ4v) is 4.83. The molecule has 0 aliphatic carbocycles. The van der Waals surface area contributed by atoms with Crippen molar-refractivity contribution in [2.24, 2.45) is 0 Å². The molecule has 3 rings (SSSR count). The highest BCUT2D eigenvalue weighted by Gasteiger charge is 2.45. The van der Waals surface area contributed by atoms with Crippen LogP contribution in [-0.2, 0) is 9.89 Å². The number of anilines is 2. The molecule has 2 aromatic rings. The maximum Gasteiger partial charge on any atom is 0.0798 e. The quantitative estimate of drug-likeness (QED) is 0.458. The lowest BCUT2D eigenvalue weighted by atomic mass is 9.96. The van der Waals surface area contributed by atoms with Gasteiger partial charge in [-0.1, -0.05) is 53.5 Å². The van der Waals surface area contributed by atoms with Gasteiger partial charge in [-0.15, -0.1) is 0 Å². The Morgan fingerprint density at radius 3 is 2.33 bits per heavy atom. The minimum Gasteiger partial charge on any atom is -0.397 e. The number of nitrogen functional groups attached to an aromatic ring is 1. The van der Waals surface area contributed by atoms with Gasteiger partial charge in [-0.25, -0.2) is 0 Å². The van der Waals surface area contributed by atoms with Gasteiger partial charge in [-0.2, -0.15) is 0 Å². The molecule has 0 radical (unpaired) electrons. The van der Waals surface area contributed by atoms with E-state index in [9.17, 15) is 0 Å². The molecular formula is C18H23BrClN2OP. The predicted octanol–water partition coefficient (Wildman–Crippen LogP) is 6.08. The lowest BCUT2D eigenvalue weighted by Crippen LogP contribution is -2.46. The molecule has 130 valence electrons. The van der Waals surface area contributed by atoms with E-state index in [4.69, 9.17) is 22.1 Å². The molecule has 1 unspecified atom stereocenters. The standard InChI is InChI=1S/C16H17BrClN2OP.C2H6/c1-22(20-15-8-13(18)6-7-14(15)19)16(9-21-10-16)11-2-4-12(17)5-3-11;1-2/h2-8,20H,9-10,19H2,1H3;1-2H3. The van der Waals surface area contributed by atoms with Crippen LogP contribution in [0.2, 0.25) is 5.02 Å². The van der Waals surface area contributed by atoms with Crippen LogP contribution in [0.5, 0.6) is 0 Å². The van der Waals surface area contributed by atoms with Crippen LogP contribution < -0.4 is 10.8 Å². The van der Waals surface area contributed by atoms with Crippen molar-refractivity contribution < 1.29 is 4.74 Å². The fourth-order valence-electron chi connectivity index (χ4n) is 2.52. The first kappa shape index (κ1) is 19.5. The summed E-state index contributed by atoms with van der Waals surface area (Å²) in [6.07, 6.45) is 0. The maximum absolute atomic E-state index is 6.08. The van der Waals surface area contributed by atoms with Gasteiger partial charge in [-0.3, -0.25) is 0 Å². The zero-order valence-corrected chi connectivity index (χ0v) is 17.4. The Labute approximate surface area is 158 Å². The summed E-state index contributed by atoms with van der Waals surface area (Å²) < 4.78 is 6.63. The third kappa shape index (κ3) is 4.05. The Hall–Kier alpha value is -0.800. The molecule has 1 aliphatic rings. The average molecular weight is 430 g/mol. The van der Waals surface area contributed by atoms with Crippen molar-refractivity contribution in [3.05, 3.63) is 57.5 Å². The number of halogens is 2. The van der Waals surface area contributed by atoms with E-state index in [-0.39, 0.29) is 5.16 Å². The van der Waals surface area contributed by atoms with Gasteiger partial charge in [0.2, 0.25) is 0 Å². The van der Waals surface area contributed by atoms with E-state index < -0.39 is 8.07 Å². The van der Waals surface area contributed by atoms with Crippen LogP contribution in [0.3, 0.4) is 0 Å². The summed E-state index contributed by atoms with van der Waals surface area (Å²) in [7, 11) is -0.559. The molecule has 2 aromatic carbocycles. The SMILES string of the molecule is CC.CP(Nc1cc(Cl)ccc1N)C1(c2ccc(Br)cc2)COC1. The van der Waals surface area contributed by atoms with E-state index >= 15 is 0 Å². The van der Waals surface area contributed by atoms with Crippen molar-refractivity contribution in [1.82, 2.24) is 0 Å². The topological polar surface area (TPSA) is 47.3 Å². The van der Waals surface area contributed by atoms with Crippen LogP contribution in [0.15, 0.2) is 46.9 Å². The molecular weight excluding hydrogens is 407 g/mol. The van der Waals surface area contributed by atoms with E-state index in [0.717, 1.165) is 23.4 Å². The molecule has 1 heterocycles. The number of hydrogen-bond donors (Lipinski definition) is 2. The fraction of sp³-hybridized carbons (Fsp3) is 0.333. The molecule has 0 spiro atoms. The van der Waals surface area contributed by atoms with Gasteiger partial charge >= 0.3 is 0 Å². The number of nitrogens with two attached hydrogens (primary N) is 1. The predicted molar refractivity (Wildman–Crippen MR) is 110 cm³/mol. The summed E-state index contributed by atoms with van der Waals surface area (Å²) in [6.45, 7) is 7.68. The van der Waals surface area contributed by atoms with E-state index in [0.29, 0.717) is 10.7 Å². The van der Waals surface area contributed by atoms with Crippen molar-refractivity contribution in [2.45, 2.75) is 19.0 Å². The van der Waals surface area contributed by atoms with Crippen LogP contribution in [0.25, 0.3) is 0 Å². The van der Waals surface area contributed by atoms with Gasteiger partial charge in [0.15, 0.2) is 0 Å². The molecule has 0 bridgehead atoms. The first-order chi connectivity index (χ1) is 11.5. The van der Waals surface area contributed by atoms with E-state index in [1.54, 1.807) is 6.07 Å². The second-order valence-corrected chi connectivity index (χ2v) is 8.98. The lowest BCUT2D eigenvalue weighted by Gasteiger charge is -2.46. The van der Waals surface area contributed by atoms with Crippen LogP contribution in [-0.4, -0.2) is 19.9 Å². The average Bonchev–Trinajstić information content (AvgIpc) is 2.54. The second-order valence-electron chi connectivity index (χ2n) is 5.43. The van der Waals surface area contributed by atoms with Gasteiger partial charge in [-0.05, 0) is 42.6 Å². The summed E-state index contributed by atoms with van der Waals surface area (Å²) in [6, 6.07) is 14.0. The summed E-state index contributed by atoms with van der Waals surface area (Å²) in [4.78, 5) is 0. The maximum atomic E-state index is 6.08. The van der Waals surface area contributed by atoms with E-state index in [2.05, 4.69) is 51.9 Å². The number of ether oxygens (including phenoxy) is 1. The summed E-state index contributed by atoms with van der Waals surface area (Å²) in [5.74, 6) is 0. The van der Waals surface area contributed by atoms with Crippen molar-refractivity contribution in [2.75, 3.05) is 30.7 Å². The Balaban J connectivity index is 0.00000100. The van der Waals surface area contributed by atoms with Crippen LogP contribution in [0, 0.1) is 0 Å². The number of rotatable bonds is 4. The highest BCUT2D eigenvalue weighted by molar-refractivity contribution is 9.10. The van der Waals surface area contributed by atoms with Gasteiger partial charge in [0.1, 0.15) is 0 Å². The molecule has 3 N–H and O–H groups in total. The van der Waals surface area contributed by atoms with Crippen LogP contribution in [0.1, 0.15) is 19.4 Å². The normalized spacial score (nSPS) is 16.4. The number of nitrogens with one attached hydrogen (secondary N) is 1. The summed E-state index contributed by atoms with van der Waals surface area (Å²) >= 11 is 9.57. The Morgan fingerprint density at radius 2 is 1.79 bits per heavy atom. The van der Waals surface area contributed by atoms with Gasteiger partial charge in [0.25, 0.3) is 0 Å². The van der Waals surface area contributed by atoms with Crippen molar-refractivity contribution in [3.8, 4) is 0 Å². The Bertz CT molecular complexity index is 677. The second kappa shape index (κ2) is 8.53. The molecule has 24 heavy (non-hydrogen) atoms. The van der Waals surface area contributed by atoms with Crippen molar-refractivity contribution in [1.29, 1.82) is 0 Å². The highest BCUT2D eigenvalue weighted by atomic mass is 79.9. The minimum atomic E-state index is -0.559. The molecule has 3 nitrogen and oxygen atoms in total. The first-order valence-corrected chi connectivity index (χ1v) is 10.9. The van der Waals surface area contributed by atoms with E-state index in [1.165, 1.54) is 5.56 Å². The molecule has 1 saturated heterocycles. The zero-order chi connectivity index (χ0) is 17.7. The van der Waals surface area contributed by atoms with Gasteiger partial charge in [0, 0.05) is 17.6 Å². The van der Waals surface area contributed by atoms with E-state index in [1.807, 2.05) is 26.0 Å². The Morgan fingerprint density at radius 1 is 1.17 bits per heavy atom. The molecule has 0 saturated carbocycles. The molecule has 1 aliphatic heterocycles. The largest absolute Gasteiger partial charge is 0.397 e. The van der Waals surface area contributed by atoms with Crippen LogP contribution in [0.4, 0.5) is 11.4 Å². The zero-order valence-electron chi connectivity index (χ0n) is 14.1. The highest BCUT2D eigenvalue weighted by Crippen LogP contribution is 2.57. The molecule has 1 fully saturated rings. The molecule has 0 aromatic heterocycles. The molecule has 6 heteroatoms. The first-order valence-electron chi connectivity index (χ1n) is 7.90. The third-order valence-electron chi connectivity index (χ3n) is 4.01. The van der Waals surface area contributed by atoms with Gasteiger partial charge in [0.05, 0.1) is 29.7 Å². The minimum absolute atomic E-state index is 0.0186. The molecule has 1 atom stereocenters. The smallest absolute Gasteiger partial charge is 0.0798 e. The Kier molecular flexibility index (Phi) is 6.94. The number of hydrogen-bond acceptors (Lipinski definition) is 3. The number of benzene rings is 2. The lowest BCUT2D eigenvalue weighted by molar-refractivity contribution is -0.0138. The monoisotopic (exact) mass is 428 g/mol. The van der Waals surface area contributed by atoms with Crippen molar-refractivity contribution >= 4 is 47.0 Å². The molecule has 0 amide bonds. The van der Waals surface area contributed by atoms with Crippen LogP contribution >= 0.6 is 35.6 Å². The summed E-state index contributed by atoms with van der Waals surface area (Å²) in [5.41, 5.74) is 8.95. The third-order valence-corrected chi connectivity index (χ3v) is 7.15.